The Balaban J connectivity index is 2.27. The number of unbranched alkanes of at least 4 members (excludes halogenated alkanes) is 1. The van der Waals surface area contributed by atoms with Crippen LogP contribution in [-0.2, 0) is 11.2 Å². The number of benzene rings is 2. The van der Waals surface area contributed by atoms with E-state index < -0.39 is 6.10 Å². The highest BCUT2D eigenvalue weighted by Gasteiger charge is 2.23. The summed E-state index contributed by atoms with van der Waals surface area (Å²) in [5.41, 5.74) is 1.91. The fourth-order valence-corrected chi connectivity index (χ4v) is 4.90. The zero-order valence-corrected chi connectivity index (χ0v) is 27.7. The van der Waals surface area contributed by atoms with Gasteiger partial charge < -0.3 is 15.7 Å². The number of carbonyl (C=O) groups is 2. The lowest BCUT2D eigenvalue weighted by atomic mass is 9.90. The first-order chi connectivity index (χ1) is 20.1. The third-order valence-corrected chi connectivity index (χ3v) is 7.06. The molecule has 2 unspecified atom stereocenters. The number of amides is 2. The van der Waals surface area contributed by atoms with Crippen molar-refractivity contribution in [3.8, 4) is 0 Å². The fraction of sp³-hybridized carbons (Fsp3) is 0.474. The SMILES string of the molecule is C=C(/C=C\C=C/CCC)C(=CC(CC)CCC(O)Cc1ccc2ccccc2c1C(=O)NC(C)(C)C)C(=O)NC(C)(C)C. The first-order valence-electron chi connectivity index (χ1n) is 15.7. The molecule has 0 aliphatic heterocycles. The molecular weight excluding hydrogens is 532 g/mol. The van der Waals surface area contributed by atoms with Crippen molar-refractivity contribution < 1.29 is 14.7 Å². The van der Waals surface area contributed by atoms with E-state index in [9.17, 15) is 14.7 Å². The summed E-state index contributed by atoms with van der Waals surface area (Å²) in [6.45, 7) is 20.2. The van der Waals surface area contributed by atoms with Gasteiger partial charge in [0.15, 0.2) is 0 Å². The molecule has 234 valence electrons. The van der Waals surface area contributed by atoms with E-state index in [1.165, 1.54) is 0 Å². The number of hydrogen-bond donors (Lipinski definition) is 3. The van der Waals surface area contributed by atoms with Gasteiger partial charge in [-0.2, -0.15) is 0 Å². The number of hydrogen-bond acceptors (Lipinski definition) is 3. The quantitative estimate of drug-likeness (QED) is 0.154. The smallest absolute Gasteiger partial charge is 0.252 e. The lowest BCUT2D eigenvalue weighted by molar-refractivity contribution is -0.118. The van der Waals surface area contributed by atoms with Crippen molar-refractivity contribution in [3.63, 3.8) is 0 Å². The molecule has 0 saturated carbocycles. The molecule has 3 N–H and O–H groups in total. The summed E-state index contributed by atoms with van der Waals surface area (Å²) in [5, 5.41) is 19.2. The molecule has 0 aromatic heterocycles. The number of aliphatic hydroxyl groups is 1. The van der Waals surface area contributed by atoms with E-state index in [4.69, 9.17) is 0 Å². The van der Waals surface area contributed by atoms with Crippen molar-refractivity contribution >= 4 is 22.6 Å². The molecule has 0 aliphatic carbocycles. The van der Waals surface area contributed by atoms with E-state index in [-0.39, 0.29) is 28.8 Å². The van der Waals surface area contributed by atoms with Crippen molar-refractivity contribution in [3.05, 3.63) is 95.6 Å². The molecule has 2 rings (SSSR count). The first-order valence-corrected chi connectivity index (χ1v) is 15.7. The van der Waals surface area contributed by atoms with Gasteiger partial charge in [-0.1, -0.05) is 93.6 Å². The first kappa shape index (κ1) is 35.8. The van der Waals surface area contributed by atoms with Gasteiger partial charge in [-0.3, -0.25) is 9.59 Å². The fourth-order valence-electron chi connectivity index (χ4n) is 4.90. The van der Waals surface area contributed by atoms with Crippen LogP contribution < -0.4 is 10.6 Å². The van der Waals surface area contributed by atoms with Gasteiger partial charge in [-0.25, -0.2) is 0 Å². The maximum Gasteiger partial charge on any atom is 0.252 e. The van der Waals surface area contributed by atoms with Crippen molar-refractivity contribution in [1.29, 1.82) is 0 Å². The minimum atomic E-state index is -0.636. The van der Waals surface area contributed by atoms with Gasteiger partial charge in [0.2, 0.25) is 0 Å². The third-order valence-electron chi connectivity index (χ3n) is 7.06. The third kappa shape index (κ3) is 12.4. The summed E-state index contributed by atoms with van der Waals surface area (Å²) in [5.74, 6) is -0.202. The van der Waals surface area contributed by atoms with Crippen LogP contribution in [0.4, 0.5) is 0 Å². The van der Waals surface area contributed by atoms with Crippen molar-refractivity contribution in [1.82, 2.24) is 10.6 Å². The second-order valence-electron chi connectivity index (χ2n) is 13.5. The predicted molar refractivity (Wildman–Crippen MR) is 182 cm³/mol. The van der Waals surface area contributed by atoms with Crippen LogP contribution >= 0.6 is 0 Å². The minimum Gasteiger partial charge on any atom is -0.393 e. The molecule has 0 aliphatic rings. The average molecular weight is 587 g/mol. The number of fused-ring (bicyclic) bond motifs is 1. The molecule has 0 fully saturated rings. The molecule has 0 spiro atoms. The summed E-state index contributed by atoms with van der Waals surface area (Å²) in [4.78, 5) is 26.7. The Morgan fingerprint density at radius 3 is 2.23 bits per heavy atom. The zero-order valence-electron chi connectivity index (χ0n) is 27.7. The molecule has 5 nitrogen and oxygen atoms in total. The highest BCUT2D eigenvalue weighted by Crippen LogP contribution is 2.27. The zero-order chi connectivity index (χ0) is 32.2. The highest BCUT2D eigenvalue weighted by molar-refractivity contribution is 6.08. The second-order valence-corrected chi connectivity index (χ2v) is 13.5. The molecule has 0 radical (unpaired) electrons. The number of carbonyl (C=O) groups excluding carboxylic acids is 2. The van der Waals surface area contributed by atoms with Gasteiger partial charge in [0.1, 0.15) is 0 Å². The van der Waals surface area contributed by atoms with Gasteiger partial charge in [-0.05, 0) is 101 Å². The summed E-state index contributed by atoms with van der Waals surface area (Å²) in [6, 6.07) is 11.8. The number of nitrogens with one attached hydrogen (secondary N) is 2. The Hall–Kier alpha value is -3.44. The summed E-state index contributed by atoms with van der Waals surface area (Å²) < 4.78 is 0. The van der Waals surface area contributed by atoms with Gasteiger partial charge in [0.25, 0.3) is 11.8 Å². The monoisotopic (exact) mass is 586 g/mol. The van der Waals surface area contributed by atoms with Gasteiger partial charge in [-0.15, -0.1) is 0 Å². The number of rotatable bonds is 14. The van der Waals surface area contributed by atoms with Gasteiger partial charge in [0.05, 0.1) is 11.7 Å². The van der Waals surface area contributed by atoms with Crippen LogP contribution in [0.15, 0.2) is 84.5 Å². The highest BCUT2D eigenvalue weighted by atomic mass is 16.3. The molecule has 43 heavy (non-hydrogen) atoms. The molecular formula is C38H54N2O3. The standard InChI is InChI=1S/C38H54N2O3/c1-10-12-13-14-15-18-27(3)33(35(42)39-37(4,5)6)25-28(11-2)21-24-31(41)26-30-23-22-29-19-16-17-20-32(29)34(30)36(43)40-38(7,8)9/h13-20,22-23,25,28,31,41H,3,10-12,21,24,26H2,1-2,4-9H3,(H,39,42)(H,40,43)/b14-13-,18-15-,33-25?. The molecule has 0 bridgehead atoms. The lowest BCUT2D eigenvalue weighted by Crippen LogP contribution is -2.41. The normalized spacial score (nSPS) is 14.3. The number of allylic oxidation sites excluding steroid dienone is 5. The largest absolute Gasteiger partial charge is 0.393 e. The van der Waals surface area contributed by atoms with Crippen molar-refractivity contribution in [2.75, 3.05) is 0 Å². The predicted octanol–water partition coefficient (Wildman–Crippen LogP) is 8.39. The molecule has 0 heterocycles. The lowest BCUT2D eigenvalue weighted by Gasteiger charge is -2.24. The maximum atomic E-state index is 13.4. The Bertz CT molecular complexity index is 1340. The minimum absolute atomic E-state index is 0.0800. The molecule has 2 amide bonds. The maximum absolute atomic E-state index is 13.4. The Kier molecular flexibility index (Phi) is 13.7. The van der Waals surface area contributed by atoms with Crippen LogP contribution in [0.3, 0.4) is 0 Å². The average Bonchev–Trinajstić information content (AvgIpc) is 2.90. The van der Waals surface area contributed by atoms with E-state index in [0.29, 0.717) is 36.0 Å². The summed E-state index contributed by atoms with van der Waals surface area (Å²) in [7, 11) is 0. The Morgan fingerprint density at radius 2 is 1.60 bits per heavy atom. The van der Waals surface area contributed by atoms with E-state index in [1.54, 1.807) is 0 Å². The van der Waals surface area contributed by atoms with E-state index in [0.717, 1.165) is 35.6 Å². The summed E-state index contributed by atoms with van der Waals surface area (Å²) in [6.07, 6.45) is 13.8. The van der Waals surface area contributed by atoms with Crippen LogP contribution in [0.5, 0.6) is 0 Å². The van der Waals surface area contributed by atoms with E-state index >= 15 is 0 Å². The molecule has 2 aromatic rings. The van der Waals surface area contributed by atoms with Crippen LogP contribution in [0, 0.1) is 5.92 Å². The van der Waals surface area contributed by atoms with Crippen LogP contribution in [-0.4, -0.2) is 34.1 Å². The molecule has 2 atom stereocenters. The van der Waals surface area contributed by atoms with Gasteiger partial charge >= 0.3 is 0 Å². The van der Waals surface area contributed by atoms with Crippen molar-refractivity contribution in [2.24, 2.45) is 5.92 Å². The summed E-state index contributed by atoms with van der Waals surface area (Å²) >= 11 is 0. The van der Waals surface area contributed by atoms with Gasteiger partial charge in [0, 0.05) is 16.7 Å². The van der Waals surface area contributed by atoms with Crippen molar-refractivity contribution in [2.45, 2.75) is 111 Å². The Morgan fingerprint density at radius 1 is 0.930 bits per heavy atom. The molecule has 2 aromatic carbocycles. The van der Waals surface area contributed by atoms with Crippen LogP contribution in [0.2, 0.25) is 0 Å². The Labute approximate surface area is 260 Å². The topological polar surface area (TPSA) is 78.4 Å². The van der Waals surface area contributed by atoms with Crippen LogP contribution in [0.1, 0.15) is 103 Å². The van der Waals surface area contributed by atoms with E-state index in [1.807, 2.05) is 102 Å². The second kappa shape index (κ2) is 16.4. The number of aliphatic hydroxyl groups excluding tert-OH is 1. The van der Waals surface area contributed by atoms with Crippen LogP contribution in [0.25, 0.3) is 10.8 Å². The van der Waals surface area contributed by atoms with E-state index in [2.05, 4.69) is 37.1 Å². The molecule has 0 saturated heterocycles. The molecule has 5 heteroatoms.